The van der Waals surface area contributed by atoms with Gasteiger partial charge in [-0.05, 0) is 88.6 Å². The second-order valence-electron chi connectivity index (χ2n) is 11.3. The Bertz CT molecular complexity index is 1740. The van der Waals surface area contributed by atoms with E-state index in [-0.39, 0.29) is 21.1 Å². The summed E-state index contributed by atoms with van der Waals surface area (Å²) in [5.41, 5.74) is 3.87. The SMILES string of the molecule is Cc1ccc(S(=O)(=O)n2ccc3c2ncc2ccc(C45CCC(NS(=O)(=O)C6CC6)(CC4)CC5)n23)cc1. The third-order valence-electron chi connectivity index (χ3n) is 8.97. The van der Waals surface area contributed by atoms with Gasteiger partial charge in [-0.1, -0.05) is 17.7 Å². The van der Waals surface area contributed by atoms with Crippen LogP contribution in [-0.2, 0) is 25.5 Å². The quantitative estimate of drug-likeness (QED) is 0.395. The molecule has 3 aromatic heterocycles. The summed E-state index contributed by atoms with van der Waals surface area (Å²) < 4.78 is 58.9. The molecule has 3 heterocycles. The summed E-state index contributed by atoms with van der Waals surface area (Å²) in [4.78, 5) is 4.79. The van der Waals surface area contributed by atoms with Crippen LogP contribution in [0, 0.1) is 6.92 Å². The van der Waals surface area contributed by atoms with Crippen LogP contribution in [0.5, 0.6) is 0 Å². The van der Waals surface area contributed by atoms with E-state index in [1.54, 1.807) is 36.7 Å². The summed E-state index contributed by atoms with van der Waals surface area (Å²) >= 11 is 0. The lowest BCUT2D eigenvalue weighted by Crippen LogP contribution is -2.58. The standard InChI is InChI=1S/C27H30N4O4S2/c1-19-2-5-22(6-3-19)37(34,35)30-17-10-23-25(30)28-18-20-4-9-24(31(20)23)26-11-14-27(15-12-26,16-13-26)29-36(32,33)21-7-8-21/h2-6,9-10,17-18,21,29H,7-8,11-16H2,1H3. The van der Waals surface area contributed by atoms with E-state index in [4.69, 9.17) is 0 Å². The molecule has 0 atom stereocenters. The van der Waals surface area contributed by atoms with Gasteiger partial charge in [-0.2, -0.15) is 0 Å². The molecular weight excluding hydrogens is 508 g/mol. The predicted octanol–water partition coefficient (Wildman–Crippen LogP) is 4.26. The molecule has 4 aliphatic carbocycles. The van der Waals surface area contributed by atoms with Gasteiger partial charge in [-0.15, -0.1) is 0 Å². The van der Waals surface area contributed by atoms with E-state index in [1.165, 1.54) is 9.67 Å². The van der Waals surface area contributed by atoms with Crippen molar-refractivity contribution in [2.45, 2.75) is 79.4 Å². The molecule has 194 valence electrons. The molecule has 0 spiro atoms. The Morgan fingerprint density at radius 1 is 0.892 bits per heavy atom. The zero-order chi connectivity index (χ0) is 25.6. The Hall–Kier alpha value is -2.69. The van der Waals surface area contributed by atoms with Gasteiger partial charge in [-0.3, -0.25) is 0 Å². The highest BCUT2D eigenvalue weighted by Crippen LogP contribution is 2.54. The summed E-state index contributed by atoms with van der Waals surface area (Å²) in [6.45, 7) is 1.93. The smallest absolute Gasteiger partial charge is 0.269 e. The number of nitrogens with zero attached hydrogens (tertiary/aromatic N) is 3. The van der Waals surface area contributed by atoms with Gasteiger partial charge >= 0.3 is 0 Å². The van der Waals surface area contributed by atoms with Crippen molar-refractivity contribution in [2.75, 3.05) is 0 Å². The summed E-state index contributed by atoms with van der Waals surface area (Å²) in [5, 5.41) is -0.203. The second kappa shape index (κ2) is 7.68. The van der Waals surface area contributed by atoms with Gasteiger partial charge in [0.05, 0.1) is 27.4 Å². The molecule has 0 amide bonds. The average Bonchev–Trinajstić information content (AvgIpc) is 3.51. The molecule has 8 nitrogen and oxygen atoms in total. The first-order valence-electron chi connectivity index (χ1n) is 13.0. The van der Waals surface area contributed by atoms with Crippen LogP contribution in [0.1, 0.15) is 62.6 Å². The molecule has 0 aliphatic heterocycles. The Kier molecular flexibility index (Phi) is 4.86. The molecule has 4 saturated carbocycles. The largest absolute Gasteiger partial charge is 0.309 e. The lowest BCUT2D eigenvalue weighted by atomic mass is 9.56. The molecule has 37 heavy (non-hydrogen) atoms. The van der Waals surface area contributed by atoms with Crippen LogP contribution in [0.2, 0.25) is 0 Å². The molecule has 8 rings (SSSR count). The van der Waals surface area contributed by atoms with E-state index in [1.807, 2.05) is 13.0 Å². The van der Waals surface area contributed by atoms with Crippen molar-refractivity contribution in [3.63, 3.8) is 0 Å². The molecule has 2 bridgehead atoms. The average molecular weight is 539 g/mol. The second-order valence-corrected chi connectivity index (χ2v) is 15.1. The van der Waals surface area contributed by atoms with Gasteiger partial charge in [0.2, 0.25) is 10.0 Å². The molecule has 0 saturated heterocycles. The van der Waals surface area contributed by atoms with Gasteiger partial charge in [0.1, 0.15) is 0 Å². The van der Waals surface area contributed by atoms with E-state index in [0.29, 0.717) is 5.65 Å². The minimum Gasteiger partial charge on any atom is -0.309 e. The molecule has 0 radical (unpaired) electrons. The van der Waals surface area contributed by atoms with E-state index >= 15 is 0 Å². The topological polar surface area (TPSA) is 103 Å². The van der Waals surface area contributed by atoms with Crippen LogP contribution >= 0.6 is 0 Å². The number of aryl methyl sites for hydroxylation is 1. The van der Waals surface area contributed by atoms with E-state index in [9.17, 15) is 16.8 Å². The first-order chi connectivity index (χ1) is 17.6. The molecule has 1 aromatic carbocycles. The lowest BCUT2D eigenvalue weighted by molar-refractivity contribution is 0.0915. The van der Waals surface area contributed by atoms with Gasteiger partial charge in [0.15, 0.2) is 5.65 Å². The number of sulfonamides is 1. The third kappa shape index (κ3) is 3.52. The summed E-state index contributed by atoms with van der Waals surface area (Å²) in [6, 6.07) is 12.9. The Balaban J connectivity index is 1.27. The molecule has 0 unspecified atom stereocenters. The summed E-state index contributed by atoms with van der Waals surface area (Å²) in [5.74, 6) is 0. The number of hydrogen-bond donors (Lipinski definition) is 1. The Labute approximate surface area is 216 Å². The molecule has 4 aromatic rings. The van der Waals surface area contributed by atoms with E-state index < -0.39 is 20.0 Å². The number of benzene rings is 1. The minimum atomic E-state index is -3.79. The maximum atomic E-state index is 13.5. The summed E-state index contributed by atoms with van der Waals surface area (Å²) in [7, 11) is -7.02. The first kappa shape index (κ1) is 23.4. The monoisotopic (exact) mass is 538 g/mol. The van der Waals surface area contributed by atoms with Crippen molar-refractivity contribution < 1.29 is 16.8 Å². The Morgan fingerprint density at radius 3 is 2.22 bits per heavy atom. The van der Waals surface area contributed by atoms with Crippen LogP contribution in [0.15, 0.2) is 59.8 Å². The van der Waals surface area contributed by atoms with Crippen molar-refractivity contribution in [3.8, 4) is 0 Å². The normalized spacial score (nSPS) is 26.3. The maximum absolute atomic E-state index is 13.5. The van der Waals surface area contributed by atoms with Crippen molar-refractivity contribution in [3.05, 3.63) is 66.1 Å². The van der Waals surface area contributed by atoms with Crippen molar-refractivity contribution in [2.24, 2.45) is 0 Å². The number of aromatic nitrogens is 3. The van der Waals surface area contributed by atoms with Crippen LogP contribution in [0.25, 0.3) is 16.7 Å². The van der Waals surface area contributed by atoms with Crippen molar-refractivity contribution in [1.82, 2.24) is 18.1 Å². The number of rotatable bonds is 6. The van der Waals surface area contributed by atoms with Gasteiger partial charge < -0.3 is 4.40 Å². The van der Waals surface area contributed by atoms with Gasteiger partial charge in [0, 0.05) is 22.8 Å². The third-order valence-corrected chi connectivity index (χ3v) is 12.7. The van der Waals surface area contributed by atoms with Crippen LogP contribution < -0.4 is 4.72 Å². The molecule has 1 N–H and O–H groups in total. The van der Waals surface area contributed by atoms with Crippen LogP contribution in [-0.4, -0.2) is 41.0 Å². The van der Waals surface area contributed by atoms with E-state index in [0.717, 1.165) is 68.0 Å². The van der Waals surface area contributed by atoms with Crippen molar-refractivity contribution in [1.29, 1.82) is 0 Å². The van der Waals surface area contributed by atoms with Crippen LogP contribution in [0.4, 0.5) is 0 Å². The molecule has 4 aliphatic rings. The predicted molar refractivity (Wildman–Crippen MR) is 142 cm³/mol. The fourth-order valence-corrected chi connectivity index (χ4v) is 9.69. The maximum Gasteiger partial charge on any atom is 0.269 e. The minimum absolute atomic E-state index is 0.0641. The van der Waals surface area contributed by atoms with Gasteiger partial charge in [-0.25, -0.2) is 30.5 Å². The summed E-state index contributed by atoms with van der Waals surface area (Å²) in [6.07, 6.45) is 10.0. The fourth-order valence-electron chi connectivity index (χ4n) is 6.56. The number of fused-ring (bicyclic) bond motifs is 6. The number of hydrogen-bond acceptors (Lipinski definition) is 5. The zero-order valence-electron chi connectivity index (χ0n) is 20.7. The van der Waals surface area contributed by atoms with E-state index in [2.05, 4.69) is 26.2 Å². The molecule has 4 fully saturated rings. The highest BCUT2D eigenvalue weighted by atomic mass is 32.2. The number of nitrogens with one attached hydrogen (secondary N) is 1. The fraction of sp³-hybridized carbons (Fsp3) is 0.444. The van der Waals surface area contributed by atoms with Crippen LogP contribution in [0.3, 0.4) is 0 Å². The van der Waals surface area contributed by atoms with Gasteiger partial charge in [0.25, 0.3) is 10.0 Å². The Morgan fingerprint density at radius 2 is 1.57 bits per heavy atom. The molecule has 10 heteroatoms. The highest BCUT2D eigenvalue weighted by molar-refractivity contribution is 7.90. The first-order valence-corrected chi connectivity index (χ1v) is 15.9. The van der Waals surface area contributed by atoms with Crippen molar-refractivity contribution >= 4 is 36.7 Å². The highest BCUT2D eigenvalue weighted by Gasteiger charge is 2.53. The lowest BCUT2D eigenvalue weighted by Gasteiger charge is -2.53. The zero-order valence-corrected chi connectivity index (χ0v) is 22.4. The molecular formula is C27H30N4O4S2.